The van der Waals surface area contributed by atoms with Crippen molar-refractivity contribution >= 4 is 28.2 Å². The Labute approximate surface area is 189 Å². The van der Waals surface area contributed by atoms with Crippen LogP contribution in [0.3, 0.4) is 0 Å². The van der Waals surface area contributed by atoms with E-state index in [0.717, 1.165) is 47.6 Å². The summed E-state index contributed by atoms with van der Waals surface area (Å²) in [5.41, 5.74) is 4.80. The number of H-pyrrole nitrogens is 1. The van der Waals surface area contributed by atoms with Crippen molar-refractivity contribution in [2.45, 2.75) is 31.7 Å². The number of ether oxygens (including phenoxy) is 1. The van der Waals surface area contributed by atoms with E-state index >= 15 is 0 Å². The molecule has 4 aromatic heterocycles. The minimum absolute atomic E-state index is 0.470. The topological polar surface area (TPSA) is 96.8 Å². The highest BCUT2D eigenvalue weighted by Gasteiger charge is 2.28. The van der Waals surface area contributed by atoms with Gasteiger partial charge in [-0.25, -0.2) is 9.97 Å². The third-order valence-electron chi connectivity index (χ3n) is 6.09. The molecule has 9 nitrogen and oxygen atoms in total. The Morgan fingerprint density at radius 1 is 1.31 bits per heavy atom. The molecule has 32 heavy (non-hydrogen) atoms. The van der Waals surface area contributed by atoms with Crippen LogP contribution in [0.1, 0.15) is 34.9 Å². The van der Waals surface area contributed by atoms with Crippen LogP contribution >= 0.6 is 11.3 Å². The van der Waals surface area contributed by atoms with Crippen molar-refractivity contribution in [3.63, 3.8) is 0 Å². The molecular formula is C22H24N8OS. The van der Waals surface area contributed by atoms with Gasteiger partial charge in [-0.3, -0.25) is 10.4 Å². The molecule has 1 fully saturated rings. The molecule has 0 bridgehead atoms. The zero-order valence-corrected chi connectivity index (χ0v) is 18.8. The van der Waals surface area contributed by atoms with Gasteiger partial charge in [-0.15, -0.1) is 11.3 Å². The number of thiazole rings is 1. The summed E-state index contributed by atoms with van der Waals surface area (Å²) in [5.74, 6) is 2.77. The molecule has 5 heterocycles. The maximum absolute atomic E-state index is 5.19. The highest BCUT2D eigenvalue weighted by molar-refractivity contribution is 7.16. The monoisotopic (exact) mass is 448 g/mol. The zero-order valence-electron chi connectivity index (χ0n) is 18.0. The number of methoxy groups -OCH3 is 1. The van der Waals surface area contributed by atoms with Crippen molar-refractivity contribution in [3.8, 4) is 17.1 Å². The molecule has 0 amide bonds. The average Bonchev–Trinajstić information content (AvgIpc) is 3.27. The molecule has 164 valence electrons. The Morgan fingerprint density at radius 3 is 3.06 bits per heavy atom. The summed E-state index contributed by atoms with van der Waals surface area (Å²) in [7, 11) is 3.73. The number of aromatic nitrogens is 6. The number of nitrogens with zero attached hydrogens (tertiary/aromatic N) is 6. The normalized spacial score (nSPS) is 15.2. The predicted molar refractivity (Wildman–Crippen MR) is 124 cm³/mol. The number of anilines is 3. The number of nitrogens with one attached hydrogen (secondary N) is 2. The van der Waals surface area contributed by atoms with Crippen molar-refractivity contribution in [2.24, 2.45) is 7.05 Å². The first-order valence-electron chi connectivity index (χ1n) is 10.8. The summed E-state index contributed by atoms with van der Waals surface area (Å²) in [6.45, 7) is 1.74. The molecular weight excluding hydrogens is 424 g/mol. The van der Waals surface area contributed by atoms with Gasteiger partial charge in [0, 0.05) is 49.0 Å². The van der Waals surface area contributed by atoms with Crippen LogP contribution in [-0.2, 0) is 20.0 Å². The quantitative estimate of drug-likeness (QED) is 0.462. The number of fused-ring (bicyclic) bond motifs is 3. The average molecular weight is 449 g/mol. The van der Waals surface area contributed by atoms with Gasteiger partial charge in [0.1, 0.15) is 5.82 Å². The van der Waals surface area contributed by atoms with Crippen molar-refractivity contribution in [1.29, 1.82) is 0 Å². The Bertz CT molecular complexity index is 1270. The minimum atomic E-state index is 0.470. The van der Waals surface area contributed by atoms with Gasteiger partial charge in [-0.05, 0) is 30.4 Å². The fraction of sp³-hybridized carbons (Fsp3) is 0.364. The minimum Gasteiger partial charge on any atom is -0.481 e. The van der Waals surface area contributed by atoms with E-state index in [0.29, 0.717) is 11.8 Å². The first kappa shape index (κ1) is 19.3. The van der Waals surface area contributed by atoms with E-state index in [-0.39, 0.29) is 0 Å². The number of rotatable bonds is 6. The molecule has 0 radical (unpaired) electrons. The van der Waals surface area contributed by atoms with Gasteiger partial charge in [-0.1, -0.05) is 0 Å². The van der Waals surface area contributed by atoms with Crippen molar-refractivity contribution in [1.82, 2.24) is 29.7 Å². The molecule has 10 heteroatoms. The third-order valence-corrected chi connectivity index (χ3v) is 7.12. The second-order valence-electron chi connectivity index (χ2n) is 8.29. The van der Waals surface area contributed by atoms with Gasteiger partial charge >= 0.3 is 0 Å². The van der Waals surface area contributed by atoms with Gasteiger partial charge in [0.15, 0.2) is 5.13 Å². The Kier molecular flexibility index (Phi) is 4.60. The van der Waals surface area contributed by atoms with Gasteiger partial charge in [0.2, 0.25) is 11.8 Å². The molecule has 0 atom stereocenters. The Hall–Kier alpha value is -3.40. The predicted octanol–water partition coefficient (Wildman–Crippen LogP) is 3.85. The molecule has 2 N–H and O–H groups in total. The van der Waals surface area contributed by atoms with Crippen molar-refractivity contribution in [3.05, 3.63) is 46.9 Å². The summed E-state index contributed by atoms with van der Waals surface area (Å²) >= 11 is 1.64. The van der Waals surface area contributed by atoms with E-state index < -0.39 is 0 Å². The maximum atomic E-state index is 5.19. The molecule has 0 spiro atoms. The fourth-order valence-electron chi connectivity index (χ4n) is 4.23. The van der Waals surface area contributed by atoms with E-state index in [9.17, 15) is 0 Å². The Balaban J connectivity index is 1.27. The Morgan fingerprint density at radius 2 is 2.22 bits per heavy atom. The lowest BCUT2D eigenvalue weighted by Gasteiger charge is -2.22. The largest absolute Gasteiger partial charge is 0.481 e. The third kappa shape index (κ3) is 3.50. The first-order valence-corrected chi connectivity index (χ1v) is 11.6. The van der Waals surface area contributed by atoms with Crippen LogP contribution < -0.4 is 15.0 Å². The summed E-state index contributed by atoms with van der Waals surface area (Å²) in [6.07, 6.45) is 9.38. The van der Waals surface area contributed by atoms with E-state index in [1.54, 1.807) is 30.7 Å². The highest BCUT2D eigenvalue weighted by atomic mass is 32.1. The standard InChI is InChI=1S/C22H24N8OS/c1-29-11-14(13-3-4-13)9-15(29)12-30-8-6-17-19(16-10-24-28-20(16)30)26-22(32-17)27-21-23-7-5-18(25-21)31-2/h5,7,9-11,13H,3-4,6,8,12H2,1-2H3,(H,24,28)(H,23,25,26,27). The lowest BCUT2D eigenvalue weighted by Crippen LogP contribution is -2.26. The molecule has 0 saturated heterocycles. The summed E-state index contributed by atoms with van der Waals surface area (Å²) < 4.78 is 7.45. The van der Waals surface area contributed by atoms with Crippen LogP contribution in [0.25, 0.3) is 11.3 Å². The van der Waals surface area contributed by atoms with Crippen LogP contribution in [0, 0.1) is 0 Å². The van der Waals surface area contributed by atoms with E-state index in [1.165, 1.54) is 29.0 Å². The second-order valence-corrected chi connectivity index (χ2v) is 9.38. The van der Waals surface area contributed by atoms with Crippen molar-refractivity contribution in [2.75, 3.05) is 23.9 Å². The van der Waals surface area contributed by atoms with Gasteiger partial charge in [0.25, 0.3) is 0 Å². The smallest absolute Gasteiger partial charge is 0.232 e. The summed E-state index contributed by atoms with van der Waals surface area (Å²) in [4.78, 5) is 17.1. The summed E-state index contributed by atoms with van der Waals surface area (Å²) in [6, 6.07) is 4.08. The summed E-state index contributed by atoms with van der Waals surface area (Å²) in [5, 5.41) is 11.5. The van der Waals surface area contributed by atoms with Crippen LogP contribution in [0.2, 0.25) is 0 Å². The van der Waals surface area contributed by atoms with E-state index in [1.807, 2.05) is 6.20 Å². The number of hydrogen-bond donors (Lipinski definition) is 2. The highest BCUT2D eigenvalue weighted by Crippen LogP contribution is 2.42. The molecule has 1 aliphatic carbocycles. The molecule has 2 aliphatic rings. The van der Waals surface area contributed by atoms with Crippen LogP contribution in [-0.4, -0.2) is 43.4 Å². The SMILES string of the molecule is COc1ccnc(Nc2nc3c(s2)CCN(Cc2cc(C4CC4)cn2C)c2[nH]ncc2-3)n1. The second kappa shape index (κ2) is 7.63. The van der Waals surface area contributed by atoms with Gasteiger partial charge < -0.3 is 14.2 Å². The number of aromatic amines is 1. The van der Waals surface area contributed by atoms with Crippen LogP contribution in [0.15, 0.2) is 30.7 Å². The molecule has 4 aromatic rings. The number of hydrogen-bond acceptors (Lipinski definition) is 8. The maximum Gasteiger partial charge on any atom is 0.232 e. The number of aryl methyl sites for hydroxylation is 1. The molecule has 0 unspecified atom stereocenters. The van der Waals surface area contributed by atoms with E-state index in [4.69, 9.17) is 9.72 Å². The molecule has 1 aliphatic heterocycles. The fourth-order valence-corrected chi connectivity index (χ4v) is 5.19. The zero-order chi connectivity index (χ0) is 21.7. The van der Waals surface area contributed by atoms with Crippen molar-refractivity contribution < 1.29 is 4.74 Å². The van der Waals surface area contributed by atoms with E-state index in [2.05, 4.69) is 54.3 Å². The van der Waals surface area contributed by atoms with Crippen LogP contribution in [0.4, 0.5) is 16.9 Å². The van der Waals surface area contributed by atoms with Gasteiger partial charge in [0.05, 0.1) is 31.1 Å². The van der Waals surface area contributed by atoms with Crippen LogP contribution in [0.5, 0.6) is 5.88 Å². The lowest BCUT2D eigenvalue weighted by atomic mass is 10.2. The molecule has 0 aromatic carbocycles. The van der Waals surface area contributed by atoms with Gasteiger partial charge in [-0.2, -0.15) is 10.1 Å². The lowest BCUT2D eigenvalue weighted by molar-refractivity contribution is 0.397. The molecule has 6 rings (SSSR count). The first-order chi connectivity index (χ1) is 15.7. The molecule has 1 saturated carbocycles.